The molecule has 1 heterocycles. The summed E-state index contributed by atoms with van der Waals surface area (Å²) >= 11 is 0. The van der Waals surface area contributed by atoms with Crippen LogP contribution in [0.3, 0.4) is 0 Å². The molecule has 5 heteroatoms. The molecule has 0 atom stereocenters. The van der Waals surface area contributed by atoms with E-state index in [0.29, 0.717) is 17.2 Å². The van der Waals surface area contributed by atoms with E-state index in [4.69, 9.17) is 14.2 Å². The smallest absolute Gasteiger partial charge is 0.231 e. The van der Waals surface area contributed by atoms with E-state index in [-0.39, 0.29) is 12.5 Å². The predicted octanol–water partition coefficient (Wildman–Crippen LogP) is 3.31. The molecule has 0 aromatic heterocycles. The summed E-state index contributed by atoms with van der Waals surface area (Å²) in [6.45, 7) is 0.232. The van der Waals surface area contributed by atoms with Gasteiger partial charge >= 0.3 is 0 Å². The van der Waals surface area contributed by atoms with E-state index in [0.717, 1.165) is 5.69 Å². The molecule has 1 aliphatic rings. The number of hydrogen-bond donors (Lipinski definition) is 1. The Labute approximate surface area is 109 Å². The van der Waals surface area contributed by atoms with Gasteiger partial charge in [-0.1, -0.05) is 0 Å². The highest BCUT2D eigenvalue weighted by Gasteiger charge is 2.13. The van der Waals surface area contributed by atoms with Gasteiger partial charge in [-0.15, -0.1) is 0 Å². The molecule has 98 valence electrons. The normalized spacial score (nSPS) is 12.3. The molecule has 2 aromatic carbocycles. The second kappa shape index (κ2) is 4.68. The van der Waals surface area contributed by atoms with Crippen LogP contribution in [-0.4, -0.2) is 13.9 Å². The third kappa shape index (κ3) is 2.27. The van der Waals surface area contributed by atoms with Crippen molar-refractivity contribution in [1.82, 2.24) is 0 Å². The fourth-order valence-electron chi connectivity index (χ4n) is 1.89. The van der Waals surface area contributed by atoms with Crippen molar-refractivity contribution in [3.05, 3.63) is 42.2 Å². The Balaban J connectivity index is 1.83. The number of ether oxygens (including phenoxy) is 3. The van der Waals surface area contributed by atoms with Crippen LogP contribution in [0.2, 0.25) is 0 Å². The van der Waals surface area contributed by atoms with Gasteiger partial charge in [-0.3, -0.25) is 0 Å². The van der Waals surface area contributed by atoms with Gasteiger partial charge in [-0.2, -0.15) is 0 Å². The van der Waals surface area contributed by atoms with Crippen molar-refractivity contribution in [1.29, 1.82) is 0 Å². The Morgan fingerprint density at radius 1 is 1.05 bits per heavy atom. The lowest BCUT2D eigenvalue weighted by Crippen LogP contribution is -1.94. The van der Waals surface area contributed by atoms with E-state index < -0.39 is 5.82 Å². The summed E-state index contributed by atoms with van der Waals surface area (Å²) in [5, 5.41) is 3.09. The van der Waals surface area contributed by atoms with Crippen LogP contribution in [0.4, 0.5) is 15.8 Å². The van der Waals surface area contributed by atoms with E-state index in [1.54, 1.807) is 12.1 Å². The maximum absolute atomic E-state index is 13.6. The summed E-state index contributed by atoms with van der Waals surface area (Å²) < 4.78 is 28.9. The SMILES string of the molecule is COc1ccc(Nc2ccc3c(c2)OCO3)cc1F. The molecule has 0 bridgehead atoms. The van der Waals surface area contributed by atoms with E-state index in [1.807, 2.05) is 18.2 Å². The van der Waals surface area contributed by atoms with Gasteiger partial charge in [0.05, 0.1) is 7.11 Å². The van der Waals surface area contributed by atoms with Crippen molar-refractivity contribution in [2.24, 2.45) is 0 Å². The van der Waals surface area contributed by atoms with Crippen LogP contribution in [-0.2, 0) is 0 Å². The van der Waals surface area contributed by atoms with Gasteiger partial charge < -0.3 is 19.5 Å². The quantitative estimate of drug-likeness (QED) is 0.920. The molecule has 3 rings (SSSR count). The zero-order valence-electron chi connectivity index (χ0n) is 10.3. The van der Waals surface area contributed by atoms with Gasteiger partial charge in [0, 0.05) is 23.5 Å². The van der Waals surface area contributed by atoms with E-state index >= 15 is 0 Å². The Hall–Kier alpha value is -2.43. The summed E-state index contributed by atoms with van der Waals surface area (Å²) in [4.78, 5) is 0. The van der Waals surface area contributed by atoms with Gasteiger partial charge in [0.25, 0.3) is 0 Å². The Bertz CT molecular complexity index is 616. The van der Waals surface area contributed by atoms with Crippen LogP contribution in [0.5, 0.6) is 17.2 Å². The van der Waals surface area contributed by atoms with Crippen molar-refractivity contribution in [3.8, 4) is 17.2 Å². The molecule has 1 aliphatic heterocycles. The van der Waals surface area contributed by atoms with Crippen LogP contribution >= 0.6 is 0 Å². The van der Waals surface area contributed by atoms with Crippen molar-refractivity contribution in [2.75, 3.05) is 19.2 Å². The average Bonchev–Trinajstić information content (AvgIpc) is 2.86. The summed E-state index contributed by atoms with van der Waals surface area (Å²) in [6, 6.07) is 10.2. The minimum atomic E-state index is -0.409. The number of anilines is 2. The molecule has 0 aliphatic carbocycles. The van der Waals surface area contributed by atoms with E-state index in [2.05, 4.69) is 5.32 Å². The van der Waals surface area contributed by atoms with E-state index in [9.17, 15) is 4.39 Å². The highest BCUT2D eigenvalue weighted by atomic mass is 19.1. The van der Waals surface area contributed by atoms with Crippen LogP contribution < -0.4 is 19.5 Å². The maximum Gasteiger partial charge on any atom is 0.231 e. The van der Waals surface area contributed by atoms with Crippen LogP contribution in [0.25, 0.3) is 0 Å². The topological polar surface area (TPSA) is 39.7 Å². The zero-order chi connectivity index (χ0) is 13.2. The van der Waals surface area contributed by atoms with Crippen molar-refractivity contribution in [2.45, 2.75) is 0 Å². The largest absolute Gasteiger partial charge is 0.494 e. The minimum absolute atomic E-state index is 0.219. The number of benzene rings is 2. The molecule has 0 spiro atoms. The minimum Gasteiger partial charge on any atom is -0.494 e. The van der Waals surface area contributed by atoms with Crippen LogP contribution in [0, 0.1) is 5.82 Å². The first-order chi connectivity index (χ1) is 9.26. The number of fused-ring (bicyclic) bond motifs is 1. The number of methoxy groups -OCH3 is 1. The second-order valence-electron chi connectivity index (χ2n) is 4.04. The lowest BCUT2D eigenvalue weighted by Gasteiger charge is -2.09. The maximum atomic E-state index is 13.6. The highest BCUT2D eigenvalue weighted by molar-refractivity contribution is 5.64. The molecule has 0 saturated heterocycles. The predicted molar refractivity (Wildman–Crippen MR) is 68.8 cm³/mol. The molecule has 1 N–H and O–H groups in total. The van der Waals surface area contributed by atoms with Crippen molar-refractivity contribution < 1.29 is 18.6 Å². The van der Waals surface area contributed by atoms with Crippen LogP contribution in [0.1, 0.15) is 0 Å². The van der Waals surface area contributed by atoms with Crippen LogP contribution in [0.15, 0.2) is 36.4 Å². The zero-order valence-corrected chi connectivity index (χ0v) is 10.3. The monoisotopic (exact) mass is 261 g/mol. The van der Waals surface area contributed by atoms with Gasteiger partial charge in [-0.05, 0) is 24.3 Å². The Morgan fingerprint density at radius 2 is 1.79 bits per heavy atom. The molecule has 0 saturated carbocycles. The fourth-order valence-corrected chi connectivity index (χ4v) is 1.89. The summed E-state index contributed by atoms with van der Waals surface area (Å²) in [6.07, 6.45) is 0. The molecular formula is C14H12FNO3. The van der Waals surface area contributed by atoms with Crippen molar-refractivity contribution in [3.63, 3.8) is 0 Å². The fraction of sp³-hybridized carbons (Fsp3) is 0.143. The second-order valence-corrected chi connectivity index (χ2v) is 4.04. The molecule has 0 radical (unpaired) electrons. The van der Waals surface area contributed by atoms with Gasteiger partial charge in [0.1, 0.15) is 0 Å². The molecular weight excluding hydrogens is 249 g/mol. The Morgan fingerprint density at radius 3 is 2.58 bits per heavy atom. The van der Waals surface area contributed by atoms with E-state index in [1.165, 1.54) is 13.2 Å². The highest BCUT2D eigenvalue weighted by Crippen LogP contribution is 2.35. The Kier molecular flexibility index (Phi) is 2.87. The summed E-state index contributed by atoms with van der Waals surface area (Å²) in [5.41, 5.74) is 1.44. The summed E-state index contributed by atoms with van der Waals surface area (Å²) in [5.74, 6) is 1.20. The first-order valence-electron chi connectivity index (χ1n) is 5.76. The summed E-state index contributed by atoms with van der Waals surface area (Å²) in [7, 11) is 1.43. The molecule has 4 nitrogen and oxygen atoms in total. The molecule has 0 amide bonds. The molecule has 19 heavy (non-hydrogen) atoms. The number of rotatable bonds is 3. The van der Waals surface area contributed by atoms with Gasteiger partial charge in [0.2, 0.25) is 6.79 Å². The number of halogens is 1. The first kappa shape index (κ1) is 11.6. The third-order valence-electron chi connectivity index (χ3n) is 2.81. The lowest BCUT2D eigenvalue weighted by molar-refractivity contribution is 0.174. The molecule has 0 fully saturated rings. The first-order valence-corrected chi connectivity index (χ1v) is 5.76. The van der Waals surface area contributed by atoms with Crippen molar-refractivity contribution >= 4 is 11.4 Å². The lowest BCUT2D eigenvalue weighted by atomic mass is 10.2. The molecule has 0 unspecified atom stereocenters. The standard InChI is InChI=1S/C14H12FNO3/c1-17-12-4-2-9(6-11(12)15)16-10-3-5-13-14(7-10)19-8-18-13/h2-7,16H,8H2,1H3. The number of hydrogen-bond acceptors (Lipinski definition) is 4. The van der Waals surface area contributed by atoms with Gasteiger partial charge in [-0.25, -0.2) is 4.39 Å². The number of nitrogens with one attached hydrogen (secondary N) is 1. The third-order valence-corrected chi connectivity index (χ3v) is 2.81. The van der Waals surface area contributed by atoms with Gasteiger partial charge in [0.15, 0.2) is 23.1 Å². The molecule has 2 aromatic rings. The average molecular weight is 261 g/mol.